The second-order valence-electron chi connectivity index (χ2n) is 25.6. The first-order chi connectivity index (χ1) is 58.0. The number of H-pyrrole nitrogens is 1. The fraction of sp³-hybridized carbons (Fsp3) is 0.209. The molecule has 12 heterocycles. The lowest BCUT2D eigenvalue weighted by Gasteiger charge is -2.28. The molecule has 13 aromatic rings. The minimum Gasteiger partial charge on any atom is -0.493 e. The number of nitrogens with two attached hydrogens (primary N) is 2. The van der Waals surface area contributed by atoms with E-state index < -0.39 is 11.5 Å². The number of halogens is 6. The molecule has 2 fully saturated rings. The SMILES string of the molecule is C1COCCN1.CCOC(=O)CC(C)=O.Cc1cccc(-c2nc(Cl)cc(Cl)n2)n1.Cc1cccc(-c2nc(Cl)cc(Nc3ccc(F)cc3)n2)n1.Cc1cccc(-c2nc(Nc3ccc(F)cc3)cc(N3CCOCC3)n2)n1.Cc1cccc(-c2nc(O)cc(=O)[nH]2)n1.Cc1cccc(C#N)n1.Cc1cccc(C(=N)N)n1.Nc1ccc(F)cc1. The number of nitriles is 1. The number of benzene rings is 3. The molecule has 2 aliphatic rings. The van der Waals surface area contributed by atoms with E-state index in [-0.39, 0.29) is 47.2 Å². The average Bonchev–Trinajstić information content (AvgIpc) is 0.791. The van der Waals surface area contributed by atoms with Gasteiger partial charge in [-0.05, 0) is 201 Å². The summed E-state index contributed by atoms with van der Waals surface area (Å²) in [5, 5.41) is 35.0. The average molecular weight is 1710 g/mol. The number of nitrogens with one attached hydrogen (secondary N) is 5. The lowest BCUT2D eigenvalue weighted by atomic mass is 10.3. The zero-order valence-corrected chi connectivity index (χ0v) is 69.5. The van der Waals surface area contributed by atoms with E-state index in [4.69, 9.17) is 76.5 Å². The number of hydrogen-bond donors (Lipinski definition) is 8. The maximum Gasteiger partial charge on any atom is 0.313 e. The van der Waals surface area contributed by atoms with E-state index in [1.165, 1.54) is 61.5 Å². The summed E-state index contributed by atoms with van der Waals surface area (Å²) in [6, 6.07) is 58.9. The van der Waals surface area contributed by atoms with Crippen LogP contribution in [0.2, 0.25) is 15.5 Å². The van der Waals surface area contributed by atoms with Crippen LogP contribution in [0.1, 0.15) is 65.8 Å². The first-order valence-electron chi connectivity index (χ1n) is 37.2. The van der Waals surface area contributed by atoms with Gasteiger partial charge < -0.3 is 56.6 Å². The number of morpholine rings is 2. The molecule has 10 N–H and O–H groups in total. The summed E-state index contributed by atoms with van der Waals surface area (Å²) >= 11 is 17.6. The molecule has 0 radical (unpaired) electrons. The molecule has 0 amide bonds. The number of esters is 1. The van der Waals surface area contributed by atoms with Crippen molar-refractivity contribution in [1.82, 2.24) is 75.1 Å². The van der Waals surface area contributed by atoms with Gasteiger partial charge in [0.1, 0.15) is 109 Å². The summed E-state index contributed by atoms with van der Waals surface area (Å²) < 4.78 is 53.1. The Labute approximate surface area is 711 Å². The van der Waals surface area contributed by atoms with Gasteiger partial charge in [-0.3, -0.25) is 19.8 Å². The Balaban J connectivity index is 0.000000195. The number of ether oxygens (including phenoxy) is 3. The van der Waals surface area contributed by atoms with Gasteiger partial charge in [-0.25, -0.2) is 73.0 Å². The van der Waals surface area contributed by atoms with E-state index >= 15 is 0 Å². The maximum atomic E-state index is 13.2. The third-order valence-electron chi connectivity index (χ3n) is 15.4. The molecule has 15 rings (SSSR count). The monoisotopic (exact) mass is 1700 g/mol. The molecule has 0 bridgehead atoms. The third kappa shape index (κ3) is 36.0. The normalized spacial score (nSPS) is 11.5. The van der Waals surface area contributed by atoms with E-state index in [2.05, 4.69) is 90.4 Å². The number of nitrogen functional groups attached to an aromatic ring is 2. The number of pyridine rings is 6. The van der Waals surface area contributed by atoms with Gasteiger partial charge in [0.05, 0.1) is 39.1 Å². The number of aromatic amines is 1. The second-order valence-corrected chi connectivity index (χ2v) is 26.8. The minimum absolute atomic E-state index is 0.0173. The Bertz CT molecular complexity index is 5550. The Morgan fingerprint density at radius 2 is 0.950 bits per heavy atom. The van der Waals surface area contributed by atoms with Gasteiger partial charge in [0.25, 0.3) is 5.56 Å². The summed E-state index contributed by atoms with van der Waals surface area (Å²) in [6.07, 6.45) is -0.103. The topological polar surface area (TPSA) is 421 Å². The number of Topliss-reactive ketones (excluding diaryl/α,β-unsaturated/α-hetero) is 1. The van der Waals surface area contributed by atoms with Crippen LogP contribution >= 0.6 is 34.8 Å². The molecular weight excluding hydrogens is 1620 g/mol. The summed E-state index contributed by atoms with van der Waals surface area (Å²) in [5.41, 5.74) is 20.9. The largest absolute Gasteiger partial charge is 0.493 e. The van der Waals surface area contributed by atoms with Crippen molar-refractivity contribution in [3.05, 3.63) is 295 Å². The Morgan fingerprint density at radius 3 is 1.35 bits per heavy atom. The molecule has 29 nitrogen and oxygen atoms in total. The fourth-order valence-corrected chi connectivity index (χ4v) is 10.6. The molecule has 0 saturated carbocycles. The predicted octanol–water partition coefficient (Wildman–Crippen LogP) is 15.4. The van der Waals surface area contributed by atoms with Crippen molar-refractivity contribution >= 4 is 86.9 Å². The first kappa shape index (κ1) is 94.5. The van der Waals surface area contributed by atoms with Gasteiger partial charge in [0.2, 0.25) is 5.88 Å². The summed E-state index contributed by atoms with van der Waals surface area (Å²) in [7, 11) is 0. The zero-order chi connectivity index (χ0) is 87.6. The Morgan fingerprint density at radius 1 is 0.537 bits per heavy atom. The van der Waals surface area contributed by atoms with Gasteiger partial charge in [0.15, 0.2) is 23.3 Å². The van der Waals surface area contributed by atoms with Crippen LogP contribution in [0.4, 0.5) is 47.7 Å². The molecule has 2 aliphatic heterocycles. The van der Waals surface area contributed by atoms with Crippen LogP contribution in [0.25, 0.3) is 46.1 Å². The quantitative estimate of drug-likeness (QED) is 0.0133. The van der Waals surface area contributed by atoms with E-state index in [0.717, 1.165) is 91.1 Å². The second kappa shape index (κ2) is 50.2. The Hall–Kier alpha value is -13.7. The number of amidine groups is 1. The standard InChI is InChI=1S/C20H20FN5O.C16H12ClFN4.C10H7Cl2N3.C10H9N3O2.C7H9N3.C7H6N2.C6H6FN.C6H10O3.C4H9NO/c1-14-3-2-4-17(22-14)20-24-18(23-16-7-5-15(21)6-8-16)13-19(25-20)26-9-11-27-12-10-26;1-10-3-2-4-13(19-10)16-21-14(17)9-15(22-16)20-12-7-5-11(18)6-8-12;1-6-3-2-4-7(13-6)10-14-8(11)5-9(12)15-10;1-6-3-2-4-7(11-6)10-12-8(14)5-9(15)13-10;1-5-3-2-4-6(10-5)7(8)9;1-6-3-2-4-7(5-8)9-6;7-5-1-3-6(8)4-2-5;1-3-9-6(8)4-5(2)7;1-3-6-4-2-5-1/h2-8,13H,9-12H2,1H3,(H,23,24,25);2-9H,1H3,(H,20,21,22);2-5H,1H3;2-5H,1H3,(H2,12,13,14,15);2-4H,1H3,(H3,8,9);2-4H,1H3;1-4H,8H2;3-4H2,1-2H3;5H,1-4H2. The van der Waals surface area contributed by atoms with E-state index in [1.807, 2.05) is 145 Å². The molecule has 0 unspecified atom stereocenters. The van der Waals surface area contributed by atoms with Crippen LogP contribution in [0, 0.1) is 75.7 Å². The molecule has 0 atom stereocenters. The van der Waals surface area contributed by atoms with E-state index in [1.54, 1.807) is 55.5 Å². The van der Waals surface area contributed by atoms with Gasteiger partial charge in [-0.15, -0.1) is 0 Å². The number of carbonyl (C=O) groups excluding carboxylic acids is 2. The summed E-state index contributed by atoms with van der Waals surface area (Å²) in [5.74, 6) is 1.95. The molecular formula is C86H88Cl3F3N22O7. The van der Waals surface area contributed by atoms with Crippen LogP contribution < -0.4 is 37.9 Å². The number of ketones is 1. The molecule has 626 valence electrons. The molecule has 10 aromatic heterocycles. The van der Waals surface area contributed by atoms with Crippen LogP contribution in [-0.2, 0) is 23.8 Å². The van der Waals surface area contributed by atoms with Crippen molar-refractivity contribution in [2.24, 2.45) is 5.73 Å². The van der Waals surface area contributed by atoms with Crippen molar-refractivity contribution in [2.75, 3.05) is 80.5 Å². The molecule has 2 saturated heterocycles. The predicted molar refractivity (Wildman–Crippen MR) is 462 cm³/mol. The maximum absolute atomic E-state index is 13.2. The first-order valence-corrected chi connectivity index (χ1v) is 38.3. The highest BCUT2D eigenvalue weighted by Gasteiger charge is 2.18. The van der Waals surface area contributed by atoms with Gasteiger partial charge >= 0.3 is 5.97 Å². The molecule has 0 aliphatic carbocycles. The zero-order valence-electron chi connectivity index (χ0n) is 67.2. The van der Waals surface area contributed by atoms with Gasteiger partial charge in [-0.2, -0.15) is 10.2 Å². The van der Waals surface area contributed by atoms with Gasteiger partial charge in [0, 0.05) is 95.6 Å². The summed E-state index contributed by atoms with van der Waals surface area (Å²) in [6.45, 7) is 21.4. The fourth-order valence-electron chi connectivity index (χ4n) is 9.97. The lowest BCUT2D eigenvalue weighted by Crippen LogP contribution is -2.36. The third-order valence-corrected chi connectivity index (χ3v) is 16.0. The number of carbonyl (C=O) groups is 2. The van der Waals surface area contributed by atoms with Crippen LogP contribution in [0.15, 0.2) is 211 Å². The number of nitrogens with zero attached hydrogens (tertiary/aromatic N) is 15. The van der Waals surface area contributed by atoms with Crippen molar-refractivity contribution in [2.45, 2.75) is 61.8 Å². The highest BCUT2D eigenvalue weighted by atomic mass is 35.5. The van der Waals surface area contributed by atoms with Crippen molar-refractivity contribution < 1.29 is 42.1 Å². The smallest absolute Gasteiger partial charge is 0.313 e. The summed E-state index contributed by atoms with van der Waals surface area (Å²) in [4.78, 5) is 91.6. The number of anilines is 6. The number of rotatable bonds is 13. The Kier molecular flexibility index (Phi) is 39.2. The van der Waals surface area contributed by atoms with Crippen LogP contribution in [-0.4, -0.2) is 152 Å². The van der Waals surface area contributed by atoms with Crippen molar-refractivity contribution in [3.8, 4) is 58.0 Å². The molecule has 0 spiro atoms. The van der Waals surface area contributed by atoms with E-state index in [0.29, 0.717) is 110 Å². The number of hydrogen-bond acceptors (Lipinski definition) is 27. The number of aryl methyl sites for hydroxylation is 6. The minimum atomic E-state index is -0.440. The van der Waals surface area contributed by atoms with Gasteiger partial charge in [-0.1, -0.05) is 71.2 Å². The van der Waals surface area contributed by atoms with Crippen LogP contribution in [0.3, 0.4) is 0 Å². The molecule has 121 heavy (non-hydrogen) atoms. The van der Waals surface area contributed by atoms with E-state index in [9.17, 15) is 27.6 Å². The molecule has 35 heteroatoms. The molecule has 3 aromatic carbocycles. The highest BCUT2D eigenvalue weighted by molar-refractivity contribution is 6.33. The van der Waals surface area contributed by atoms with Crippen molar-refractivity contribution in [1.29, 1.82) is 10.7 Å². The number of aromatic hydroxyl groups is 1. The number of aromatic nitrogens is 14. The van der Waals surface area contributed by atoms with Crippen molar-refractivity contribution in [3.63, 3.8) is 0 Å². The lowest BCUT2D eigenvalue weighted by molar-refractivity contribution is -0.145. The van der Waals surface area contributed by atoms with Crippen LogP contribution in [0.5, 0.6) is 5.88 Å². The highest BCUT2D eigenvalue weighted by Crippen LogP contribution is 2.27.